The summed E-state index contributed by atoms with van der Waals surface area (Å²) in [6, 6.07) is 5.42. The second-order valence-electron chi connectivity index (χ2n) is 5.11. The molecule has 1 amide bonds. The fourth-order valence-electron chi connectivity index (χ4n) is 2.58. The van der Waals surface area contributed by atoms with Gasteiger partial charge in [-0.2, -0.15) is 0 Å². The third-order valence-corrected chi connectivity index (χ3v) is 3.60. The van der Waals surface area contributed by atoms with Gasteiger partial charge >= 0.3 is 0 Å². The molecule has 1 aromatic carbocycles. The molecule has 2 heterocycles. The lowest BCUT2D eigenvalue weighted by molar-refractivity contribution is -0.117. The van der Waals surface area contributed by atoms with E-state index >= 15 is 0 Å². The van der Waals surface area contributed by atoms with Gasteiger partial charge in [0, 0.05) is 12.2 Å². The van der Waals surface area contributed by atoms with E-state index in [2.05, 4.69) is 10.6 Å². The van der Waals surface area contributed by atoms with Crippen molar-refractivity contribution in [3.8, 4) is 5.75 Å². The molecule has 0 radical (unpaired) electrons. The number of β-amino-alcohol motifs (C(OH)–C–C–N with tert-alkyl or cyclic N) is 1. The van der Waals surface area contributed by atoms with E-state index in [4.69, 9.17) is 4.74 Å². The number of rotatable bonds is 2. The van der Waals surface area contributed by atoms with Gasteiger partial charge < -0.3 is 20.5 Å². The quantitative estimate of drug-likeness (QED) is 0.733. The van der Waals surface area contributed by atoms with Crippen LogP contribution in [0.5, 0.6) is 5.75 Å². The smallest absolute Gasteiger partial charge is 0.241 e. The number of hydrogen-bond acceptors (Lipinski definition) is 4. The summed E-state index contributed by atoms with van der Waals surface area (Å²) >= 11 is 0. The van der Waals surface area contributed by atoms with Gasteiger partial charge in [-0.3, -0.25) is 4.79 Å². The molecule has 0 aliphatic carbocycles. The van der Waals surface area contributed by atoms with E-state index in [-0.39, 0.29) is 11.9 Å². The van der Waals surface area contributed by atoms with Crippen LogP contribution in [0.2, 0.25) is 0 Å². The number of amides is 1. The number of fused-ring (bicyclic) bond motifs is 1. The fraction of sp³-hybridized carbons (Fsp3) is 0.500. The third-order valence-electron chi connectivity index (χ3n) is 3.60. The zero-order valence-corrected chi connectivity index (χ0v) is 10.7. The highest BCUT2D eigenvalue weighted by Crippen LogP contribution is 2.27. The van der Waals surface area contributed by atoms with Crippen molar-refractivity contribution in [3.63, 3.8) is 0 Å². The molecule has 1 saturated heterocycles. The van der Waals surface area contributed by atoms with Crippen LogP contribution >= 0.6 is 0 Å². The predicted octanol–water partition coefficient (Wildman–Crippen LogP) is 0.673. The van der Waals surface area contributed by atoms with Crippen molar-refractivity contribution in [1.29, 1.82) is 0 Å². The molecule has 5 heteroatoms. The van der Waals surface area contributed by atoms with E-state index in [9.17, 15) is 9.90 Å². The number of anilines is 1. The second-order valence-corrected chi connectivity index (χ2v) is 5.11. The number of benzene rings is 1. The number of nitrogens with one attached hydrogen (secondary N) is 2. The minimum atomic E-state index is -0.423. The van der Waals surface area contributed by atoms with Crippen molar-refractivity contribution >= 4 is 11.6 Å². The van der Waals surface area contributed by atoms with Gasteiger partial charge in [0.05, 0.1) is 18.8 Å². The molecule has 0 saturated carbocycles. The number of ether oxygens (including phenoxy) is 1. The molecule has 0 spiro atoms. The molecule has 1 fully saturated rings. The van der Waals surface area contributed by atoms with E-state index in [0.717, 1.165) is 36.4 Å². The number of hydrogen-bond donors (Lipinski definition) is 3. The summed E-state index contributed by atoms with van der Waals surface area (Å²) in [5.74, 6) is 0.826. The first-order valence-corrected chi connectivity index (χ1v) is 6.70. The number of aliphatic hydroxyl groups excluding tert-OH is 1. The normalized spacial score (nSPS) is 25.5. The van der Waals surface area contributed by atoms with E-state index in [0.29, 0.717) is 13.0 Å². The van der Waals surface area contributed by atoms with Crippen LogP contribution < -0.4 is 15.4 Å². The first kappa shape index (κ1) is 12.4. The predicted molar refractivity (Wildman–Crippen MR) is 71.3 cm³/mol. The SMILES string of the molecule is O=C(Nc1ccc2c(c1)CCCO2)C1CC(O)CN1. The maximum Gasteiger partial charge on any atom is 0.241 e. The van der Waals surface area contributed by atoms with Gasteiger partial charge in [-0.05, 0) is 43.0 Å². The highest BCUT2D eigenvalue weighted by molar-refractivity contribution is 5.95. The summed E-state index contributed by atoms with van der Waals surface area (Å²) in [4.78, 5) is 12.0. The Balaban J connectivity index is 1.68. The van der Waals surface area contributed by atoms with Gasteiger partial charge in [0.15, 0.2) is 0 Å². The molecule has 2 aliphatic rings. The van der Waals surface area contributed by atoms with Crippen molar-refractivity contribution in [2.45, 2.75) is 31.4 Å². The minimum absolute atomic E-state index is 0.0896. The summed E-state index contributed by atoms with van der Waals surface area (Å²) in [7, 11) is 0. The van der Waals surface area contributed by atoms with Gasteiger partial charge in [0.25, 0.3) is 0 Å². The number of carbonyl (C=O) groups excluding carboxylic acids is 1. The average molecular weight is 262 g/mol. The molecule has 0 bridgehead atoms. The summed E-state index contributed by atoms with van der Waals surface area (Å²) in [5.41, 5.74) is 1.93. The molecule has 2 atom stereocenters. The van der Waals surface area contributed by atoms with Crippen molar-refractivity contribution in [1.82, 2.24) is 5.32 Å². The van der Waals surface area contributed by atoms with Crippen LogP contribution in [0, 0.1) is 0 Å². The van der Waals surface area contributed by atoms with E-state index < -0.39 is 6.10 Å². The van der Waals surface area contributed by atoms with Gasteiger partial charge in [0.2, 0.25) is 5.91 Å². The van der Waals surface area contributed by atoms with E-state index in [1.54, 1.807) is 0 Å². The number of aliphatic hydroxyl groups is 1. The van der Waals surface area contributed by atoms with Crippen molar-refractivity contribution in [2.24, 2.45) is 0 Å². The maximum absolute atomic E-state index is 12.0. The molecule has 19 heavy (non-hydrogen) atoms. The topological polar surface area (TPSA) is 70.6 Å². The molecular weight excluding hydrogens is 244 g/mol. The molecule has 102 valence electrons. The van der Waals surface area contributed by atoms with Crippen LogP contribution in [0.15, 0.2) is 18.2 Å². The first-order valence-electron chi connectivity index (χ1n) is 6.70. The molecular formula is C14H18N2O3. The summed E-state index contributed by atoms with van der Waals surface area (Å²) < 4.78 is 5.54. The Kier molecular flexibility index (Phi) is 3.40. The van der Waals surface area contributed by atoms with Gasteiger partial charge in [-0.1, -0.05) is 0 Å². The highest BCUT2D eigenvalue weighted by Gasteiger charge is 2.28. The summed E-state index contributed by atoms with van der Waals surface area (Å²) in [5, 5.41) is 15.3. The summed E-state index contributed by atoms with van der Waals surface area (Å²) in [6.45, 7) is 1.25. The fourth-order valence-corrected chi connectivity index (χ4v) is 2.58. The first-order chi connectivity index (χ1) is 9.22. The van der Waals surface area contributed by atoms with Crippen molar-refractivity contribution < 1.29 is 14.6 Å². The Morgan fingerprint density at radius 3 is 3.16 bits per heavy atom. The molecule has 2 unspecified atom stereocenters. The number of carbonyl (C=O) groups is 1. The van der Waals surface area contributed by atoms with Crippen LogP contribution in [0.1, 0.15) is 18.4 Å². The molecule has 2 aliphatic heterocycles. The maximum atomic E-state index is 12.0. The monoisotopic (exact) mass is 262 g/mol. The Labute approximate surface area is 112 Å². The molecule has 5 nitrogen and oxygen atoms in total. The van der Waals surface area contributed by atoms with Gasteiger partial charge in [-0.25, -0.2) is 0 Å². The Morgan fingerprint density at radius 1 is 1.47 bits per heavy atom. The molecule has 3 rings (SSSR count). The Hall–Kier alpha value is -1.59. The minimum Gasteiger partial charge on any atom is -0.493 e. The van der Waals surface area contributed by atoms with E-state index in [1.807, 2.05) is 18.2 Å². The highest BCUT2D eigenvalue weighted by atomic mass is 16.5. The second kappa shape index (κ2) is 5.19. The van der Waals surface area contributed by atoms with Crippen LogP contribution in [0.4, 0.5) is 5.69 Å². The van der Waals surface area contributed by atoms with Crippen LogP contribution in [-0.2, 0) is 11.2 Å². The van der Waals surface area contributed by atoms with Crippen LogP contribution in [0.25, 0.3) is 0 Å². The van der Waals surface area contributed by atoms with Crippen LogP contribution in [-0.4, -0.2) is 36.3 Å². The largest absolute Gasteiger partial charge is 0.493 e. The third kappa shape index (κ3) is 2.72. The Morgan fingerprint density at radius 2 is 2.37 bits per heavy atom. The standard InChI is InChI=1S/C14H18N2O3/c17-11-7-12(15-8-11)14(18)16-10-3-4-13-9(6-10)2-1-5-19-13/h3-4,6,11-12,15,17H,1-2,5,7-8H2,(H,16,18). The van der Waals surface area contributed by atoms with E-state index in [1.165, 1.54) is 0 Å². The van der Waals surface area contributed by atoms with Gasteiger partial charge in [0.1, 0.15) is 5.75 Å². The Bertz CT molecular complexity index is 490. The average Bonchev–Trinajstić information content (AvgIpc) is 2.85. The lowest BCUT2D eigenvalue weighted by atomic mass is 10.1. The molecule has 0 aromatic heterocycles. The lowest BCUT2D eigenvalue weighted by Crippen LogP contribution is -2.35. The van der Waals surface area contributed by atoms with Crippen molar-refractivity contribution in [2.75, 3.05) is 18.5 Å². The number of aryl methyl sites for hydroxylation is 1. The van der Waals surface area contributed by atoms with Gasteiger partial charge in [-0.15, -0.1) is 0 Å². The molecule has 1 aromatic rings. The lowest BCUT2D eigenvalue weighted by Gasteiger charge is -2.18. The zero-order valence-electron chi connectivity index (χ0n) is 10.7. The van der Waals surface area contributed by atoms with Crippen LogP contribution in [0.3, 0.4) is 0 Å². The summed E-state index contributed by atoms with van der Waals surface area (Å²) in [6.07, 6.45) is 2.05. The van der Waals surface area contributed by atoms with Crippen molar-refractivity contribution in [3.05, 3.63) is 23.8 Å². The molecule has 3 N–H and O–H groups in total. The zero-order chi connectivity index (χ0) is 13.2.